The molecule has 0 unspecified atom stereocenters. The molecule has 0 aliphatic heterocycles. The lowest BCUT2D eigenvalue weighted by Crippen LogP contribution is -2.40. The minimum atomic E-state index is -0.855. The molecule has 0 heterocycles. The lowest BCUT2D eigenvalue weighted by Gasteiger charge is -2.07. The van der Waals surface area contributed by atoms with E-state index in [0.717, 1.165) is 12.7 Å². The van der Waals surface area contributed by atoms with Crippen molar-refractivity contribution in [3.63, 3.8) is 0 Å². The van der Waals surface area contributed by atoms with Crippen LogP contribution < -0.4 is 16.0 Å². The normalized spacial score (nSPS) is 9.50. The van der Waals surface area contributed by atoms with Gasteiger partial charge in [-0.25, -0.2) is 14.9 Å². The van der Waals surface area contributed by atoms with Gasteiger partial charge in [-0.3, -0.25) is 4.79 Å². The summed E-state index contributed by atoms with van der Waals surface area (Å²) in [4.78, 5) is 33.4. The van der Waals surface area contributed by atoms with E-state index in [1.54, 1.807) is 12.1 Å². The summed E-state index contributed by atoms with van der Waals surface area (Å²) < 4.78 is 4.25. The molecule has 4 amide bonds. The fourth-order valence-corrected chi connectivity index (χ4v) is 1.34. The van der Waals surface area contributed by atoms with Gasteiger partial charge in [-0.1, -0.05) is 17.7 Å². The molecule has 7 heteroatoms. The molecule has 0 fully saturated rings. The van der Waals surface area contributed by atoms with E-state index in [9.17, 15) is 14.4 Å². The molecule has 0 bridgehead atoms. The van der Waals surface area contributed by atoms with Crippen molar-refractivity contribution in [2.24, 2.45) is 0 Å². The van der Waals surface area contributed by atoms with E-state index < -0.39 is 12.1 Å². The molecule has 0 aromatic heterocycles. The highest BCUT2D eigenvalue weighted by Gasteiger charge is 2.07. The Hall–Kier alpha value is -2.57. The van der Waals surface area contributed by atoms with Crippen LogP contribution in [0.25, 0.3) is 0 Å². The Morgan fingerprint density at radius 2 is 1.80 bits per heavy atom. The Morgan fingerprint density at radius 3 is 2.40 bits per heavy atom. The van der Waals surface area contributed by atoms with Gasteiger partial charge in [0, 0.05) is 18.7 Å². The number of nitrogens with one attached hydrogen (secondary N) is 3. The number of amides is 4. The smallest absolute Gasteiger partial charge is 0.415 e. The van der Waals surface area contributed by atoms with Crippen LogP contribution in [0.4, 0.5) is 15.3 Å². The van der Waals surface area contributed by atoms with Crippen LogP contribution >= 0.6 is 0 Å². The van der Waals surface area contributed by atoms with E-state index in [1.807, 2.05) is 24.4 Å². The highest BCUT2D eigenvalue weighted by Crippen LogP contribution is 2.08. The summed E-state index contributed by atoms with van der Waals surface area (Å²) in [7, 11) is 1.15. The number of carbonyl (C=O) groups is 3. The average molecular weight is 279 g/mol. The Balaban J connectivity index is 2.25. The summed E-state index contributed by atoms with van der Waals surface area (Å²) in [5.74, 6) is -0.229. The molecule has 1 aromatic rings. The fraction of sp³-hybridized carbons (Fsp3) is 0.308. The summed E-state index contributed by atoms with van der Waals surface area (Å²) in [6.45, 7) is 2.07. The number of benzene rings is 1. The predicted octanol–water partition coefficient (Wildman–Crippen LogP) is 1.39. The summed E-state index contributed by atoms with van der Waals surface area (Å²) in [6.07, 6.45) is -0.755. The van der Waals surface area contributed by atoms with Crippen LogP contribution in [0.5, 0.6) is 0 Å². The van der Waals surface area contributed by atoms with E-state index in [0.29, 0.717) is 5.69 Å². The maximum absolute atomic E-state index is 11.6. The lowest BCUT2D eigenvalue weighted by molar-refractivity contribution is -0.116. The minimum absolute atomic E-state index is 0.0997. The van der Waals surface area contributed by atoms with Gasteiger partial charge in [0.15, 0.2) is 0 Å². The van der Waals surface area contributed by atoms with Gasteiger partial charge in [-0.2, -0.15) is 0 Å². The van der Waals surface area contributed by atoms with Crippen molar-refractivity contribution in [3.05, 3.63) is 29.8 Å². The van der Waals surface area contributed by atoms with Gasteiger partial charge in [0.2, 0.25) is 5.91 Å². The summed E-state index contributed by atoms with van der Waals surface area (Å²) in [5, 5.41) is 6.97. The molecule has 0 saturated carbocycles. The van der Waals surface area contributed by atoms with Crippen molar-refractivity contribution in [2.75, 3.05) is 19.0 Å². The van der Waals surface area contributed by atoms with Crippen molar-refractivity contribution in [1.82, 2.24) is 10.6 Å². The molecule has 0 saturated heterocycles. The number of hydrogen-bond acceptors (Lipinski definition) is 4. The van der Waals surface area contributed by atoms with Crippen LogP contribution in [-0.2, 0) is 9.53 Å². The number of ether oxygens (including phenoxy) is 1. The largest absolute Gasteiger partial charge is 0.453 e. The Labute approximate surface area is 116 Å². The van der Waals surface area contributed by atoms with Crippen molar-refractivity contribution in [2.45, 2.75) is 13.3 Å². The number of imide groups is 1. The molecule has 1 rings (SSSR count). The molecule has 7 nitrogen and oxygen atoms in total. The summed E-state index contributed by atoms with van der Waals surface area (Å²) in [5.41, 5.74) is 1.80. The van der Waals surface area contributed by atoms with E-state index in [1.165, 1.54) is 0 Å². The first-order chi connectivity index (χ1) is 9.51. The topological polar surface area (TPSA) is 96.5 Å². The molecular formula is C13H17N3O4. The van der Waals surface area contributed by atoms with Gasteiger partial charge in [-0.15, -0.1) is 0 Å². The zero-order valence-corrected chi connectivity index (χ0v) is 11.4. The molecule has 0 spiro atoms. The standard InChI is InChI=1S/C13H17N3O4/c1-9-3-5-10(6-4-9)15-11(17)7-8-14-12(18)16-13(19)20-2/h3-6H,7-8H2,1-2H3,(H,15,17)(H2,14,16,18,19). The monoisotopic (exact) mass is 279 g/mol. The molecule has 20 heavy (non-hydrogen) atoms. The van der Waals surface area contributed by atoms with Gasteiger partial charge in [0.05, 0.1) is 7.11 Å². The number of hydrogen-bond donors (Lipinski definition) is 3. The summed E-state index contributed by atoms with van der Waals surface area (Å²) >= 11 is 0. The second kappa shape index (κ2) is 7.78. The maximum Gasteiger partial charge on any atom is 0.415 e. The van der Waals surface area contributed by atoms with E-state index in [-0.39, 0.29) is 18.9 Å². The van der Waals surface area contributed by atoms with Gasteiger partial charge in [-0.05, 0) is 19.1 Å². The van der Waals surface area contributed by atoms with Crippen LogP contribution in [0, 0.1) is 6.92 Å². The quantitative estimate of drug-likeness (QED) is 0.776. The van der Waals surface area contributed by atoms with Gasteiger partial charge < -0.3 is 15.4 Å². The molecule has 0 aliphatic rings. The lowest BCUT2D eigenvalue weighted by atomic mass is 10.2. The molecule has 0 aliphatic carbocycles. The van der Waals surface area contributed by atoms with Gasteiger partial charge in [0.25, 0.3) is 0 Å². The minimum Gasteiger partial charge on any atom is -0.453 e. The van der Waals surface area contributed by atoms with Crippen molar-refractivity contribution in [1.29, 1.82) is 0 Å². The first-order valence-corrected chi connectivity index (χ1v) is 6.00. The zero-order valence-electron chi connectivity index (χ0n) is 11.4. The third kappa shape index (κ3) is 5.85. The van der Waals surface area contributed by atoms with Crippen LogP contribution in [-0.4, -0.2) is 31.7 Å². The Kier molecular flexibility index (Phi) is 6.02. The fourth-order valence-electron chi connectivity index (χ4n) is 1.34. The van der Waals surface area contributed by atoms with E-state index in [4.69, 9.17) is 0 Å². The molecule has 3 N–H and O–H groups in total. The van der Waals surface area contributed by atoms with Crippen molar-refractivity contribution >= 4 is 23.7 Å². The third-order valence-corrected chi connectivity index (χ3v) is 2.37. The molecule has 1 aromatic carbocycles. The number of carbonyl (C=O) groups excluding carboxylic acids is 3. The number of alkyl carbamates (subject to hydrolysis) is 1. The number of urea groups is 1. The molecule has 0 radical (unpaired) electrons. The second-order valence-corrected chi connectivity index (χ2v) is 4.04. The van der Waals surface area contributed by atoms with E-state index >= 15 is 0 Å². The SMILES string of the molecule is COC(=O)NC(=O)NCCC(=O)Nc1ccc(C)cc1. The van der Waals surface area contributed by atoms with Crippen molar-refractivity contribution in [3.8, 4) is 0 Å². The number of methoxy groups -OCH3 is 1. The molecule has 108 valence electrons. The second-order valence-electron chi connectivity index (χ2n) is 4.04. The first-order valence-electron chi connectivity index (χ1n) is 6.00. The van der Waals surface area contributed by atoms with E-state index in [2.05, 4.69) is 15.4 Å². The molecule has 0 atom stereocenters. The van der Waals surface area contributed by atoms with Crippen LogP contribution in [0.2, 0.25) is 0 Å². The average Bonchev–Trinajstić information content (AvgIpc) is 2.41. The van der Waals surface area contributed by atoms with Gasteiger partial charge in [0.1, 0.15) is 0 Å². The number of anilines is 1. The third-order valence-electron chi connectivity index (χ3n) is 2.37. The predicted molar refractivity (Wildman–Crippen MR) is 73.4 cm³/mol. The highest BCUT2D eigenvalue weighted by atomic mass is 16.5. The van der Waals surface area contributed by atoms with Crippen LogP contribution in [0.1, 0.15) is 12.0 Å². The first kappa shape index (κ1) is 15.5. The van der Waals surface area contributed by atoms with Gasteiger partial charge >= 0.3 is 12.1 Å². The zero-order chi connectivity index (χ0) is 15.0. The maximum atomic E-state index is 11.6. The highest BCUT2D eigenvalue weighted by molar-refractivity contribution is 5.92. The van der Waals surface area contributed by atoms with Crippen molar-refractivity contribution < 1.29 is 19.1 Å². The van der Waals surface area contributed by atoms with Crippen LogP contribution in [0.15, 0.2) is 24.3 Å². The summed E-state index contributed by atoms with van der Waals surface area (Å²) in [6, 6.07) is 6.66. The molecular weight excluding hydrogens is 262 g/mol. The van der Waals surface area contributed by atoms with Crippen LogP contribution in [0.3, 0.4) is 0 Å². The number of aryl methyl sites for hydroxylation is 1. The Morgan fingerprint density at radius 1 is 1.15 bits per heavy atom. The Bertz CT molecular complexity index is 485. The number of rotatable bonds is 4.